The Kier molecular flexibility index (Phi) is 4.98. The fourth-order valence-electron chi connectivity index (χ4n) is 6.60. The molecule has 5 rings (SSSR count). The molecular formula is C32H40O2. The van der Waals surface area contributed by atoms with Crippen LogP contribution in [0.1, 0.15) is 68.2 Å². The molecular weight excluding hydrogens is 416 g/mol. The first-order chi connectivity index (χ1) is 15.7. The van der Waals surface area contributed by atoms with E-state index in [1.54, 1.807) is 0 Å². The van der Waals surface area contributed by atoms with Crippen LogP contribution in [0.5, 0.6) is 0 Å². The number of aliphatic hydroxyl groups excluding tert-OH is 2. The van der Waals surface area contributed by atoms with E-state index in [2.05, 4.69) is 91.8 Å². The lowest BCUT2D eigenvalue weighted by Gasteiger charge is -2.59. The summed E-state index contributed by atoms with van der Waals surface area (Å²) < 4.78 is 0. The van der Waals surface area contributed by atoms with Crippen LogP contribution >= 0.6 is 0 Å². The van der Waals surface area contributed by atoms with E-state index in [1.807, 2.05) is 12.2 Å². The second-order valence-electron chi connectivity index (χ2n) is 13.1. The lowest BCUT2D eigenvalue weighted by atomic mass is 9.43. The Morgan fingerprint density at radius 2 is 1.00 bits per heavy atom. The van der Waals surface area contributed by atoms with Crippen molar-refractivity contribution in [1.29, 1.82) is 0 Å². The summed E-state index contributed by atoms with van der Waals surface area (Å²) in [5.74, 6) is 0. The molecule has 2 heteroatoms. The number of rotatable bonds is 0. The van der Waals surface area contributed by atoms with Gasteiger partial charge in [-0.3, -0.25) is 0 Å². The van der Waals surface area contributed by atoms with Gasteiger partial charge in [0, 0.05) is 10.8 Å². The number of fused-ring (bicyclic) bond motifs is 1. The van der Waals surface area contributed by atoms with Crippen LogP contribution in [-0.4, -0.2) is 22.4 Å². The molecule has 2 N–H and O–H groups in total. The fraction of sp³-hybridized carbons (Fsp3) is 0.500. The number of aliphatic hydroxyl groups is 2. The lowest BCUT2D eigenvalue weighted by Crippen LogP contribution is -2.51. The minimum absolute atomic E-state index is 0.0200. The molecule has 0 amide bonds. The molecule has 0 heterocycles. The van der Waals surface area contributed by atoms with E-state index in [4.69, 9.17) is 0 Å². The number of allylic oxidation sites excluding steroid dienone is 12. The maximum Gasteiger partial charge on any atom is 0.0831 e. The fourth-order valence-corrected chi connectivity index (χ4v) is 6.60. The third-order valence-corrected chi connectivity index (χ3v) is 9.05. The molecule has 0 spiro atoms. The van der Waals surface area contributed by atoms with Crippen LogP contribution in [-0.2, 0) is 0 Å². The molecule has 180 valence electrons. The summed E-state index contributed by atoms with van der Waals surface area (Å²) in [5.41, 5.74) is 8.71. The predicted molar refractivity (Wildman–Crippen MR) is 141 cm³/mol. The van der Waals surface area contributed by atoms with E-state index in [9.17, 15) is 10.2 Å². The molecule has 4 atom stereocenters. The van der Waals surface area contributed by atoms with Gasteiger partial charge < -0.3 is 10.2 Å². The normalized spacial score (nSPS) is 35.9. The molecule has 0 aromatic heterocycles. The summed E-state index contributed by atoms with van der Waals surface area (Å²) in [4.78, 5) is 0. The second-order valence-corrected chi connectivity index (χ2v) is 13.1. The molecule has 5 aliphatic carbocycles. The van der Waals surface area contributed by atoms with Gasteiger partial charge >= 0.3 is 0 Å². The van der Waals surface area contributed by atoms with E-state index in [0.717, 1.165) is 11.1 Å². The molecule has 0 aliphatic heterocycles. The Morgan fingerprint density at radius 1 is 0.647 bits per heavy atom. The zero-order valence-electron chi connectivity index (χ0n) is 22.1. The average Bonchev–Trinajstić information content (AvgIpc) is 2.71. The highest BCUT2D eigenvalue weighted by Gasteiger charge is 2.60. The zero-order chi connectivity index (χ0) is 24.8. The van der Waals surface area contributed by atoms with Crippen molar-refractivity contribution < 1.29 is 10.2 Å². The van der Waals surface area contributed by atoms with Crippen molar-refractivity contribution in [2.24, 2.45) is 21.7 Å². The van der Waals surface area contributed by atoms with Crippen molar-refractivity contribution in [1.82, 2.24) is 0 Å². The molecule has 0 bridgehead atoms. The maximum atomic E-state index is 11.6. The number of hydrogen-bond donors (Lipinski definition) is 2. The molecule has 34 heavy (non-hydrogen) atoms. The average molecular weight is 457 g/mol. The first-order valence-electron chi connectivity index (χ1n) is 12.8. The Morgan fingerprint density at radius 3 is 1.32 bits per heavy atom. The van der Waals surface area contributed by atoms with Crippen LogP contribution < -0.4 is 0 Å². The quantitative estimate of drug-likeness (QED) is 0.383. The van der Waals surface area contributed by atoms with Crippen molar-refractivity contribution in [3.63, 3.8) is 0 Å². The van der Waals surface area contributed by atoms with E-state index >= 15 is 0 Å². The van der Waals surface area contributed by atoms with Gasteiger partial charge in [-0.25, -0.2) is 0 Å². The van der Waals surface area contributed by atoms with Crippen molar-refractivity contribution in [2.75, 3.05) is 0 Å². The predicted octanol–water partition coefficient (Wildman–Crippen LogP) is 7.07. The minimum atomic E-state index is -0.645. The van der Waals surface area contributed by atoms with Crippen LogP contribution in [0.15, 0.2) is 93.2 Å². The zero-order valence-corrected chi connectivity index (χ0v) is 22.1. The smallest absolute Gasteiger partial charge is 0.0831 e. The summed E-state index contributed by atoms with van der Waals surface area (Å²) in [7, 11) is 0. The summed E-state index contributed by atoms with van der Waals surface area (Å²) in [6, 6.07) is 0. The van der Waals surface area contributed by atoms with Crippen molar-refractivity contribution in [3.05, 3.63) is 93.2 Å². The van der Waals surface area contributed by atoms with E-state index in [-0.39, 0.29) is 21.7 Å². The van der Waals surface area contributed by atoms with Gasteiger partial charge in [-0.1, -0.05) is 104 Å². The highest BCUT2D eigenvalue weighted by Crippen LogP contribution is 2.69. The van der Waals surface area contributed by atoms with Crippen LogP contribution in [0.4, 0.5) is 0 Å². The summed E-state index contributed by atoms with van der Waals surface area (Å²) in [6.45, 7) is 18.2. The van der Waals surface area contributed by atoms with E-state index in [0.29, 0.717) is 12.8 Å². The molecule has 0 aromatic rings. The van der Waals surface area contributed by atoms with Crippen LogP contribution in [0.2, 0.25) is 0 Å². The summed E-state index contributed by atoms with van der Waals surface area (Å²) in [5, 5.41) is 23.2. The Hall–Kier alpha value is -2.16. The minimum Gasteiger partial charge on any atom is -0.388 e. The van der Waals surface area contributed by atoms with E-state index < -0.39 is 12.2 Å². The summed E-state index contributed by atoms with van der Waals surface area (Å²) >= 11 is 0. The van der Waals surface area contributed by atoms with Crippen molar-refractivity contribution in [3.8, 4) is 0 Å². The van der Waals surface area contributed by atoms with Gasteiger partial charge in [0.25, 0.3) is 0 Å². The molecule has 5 aliphatic rings. The largest absolute Gasteiger partial charge is 0.388 e. The maximum absolute atomic E-state index is 11.6. The van der Waals surface area contributed by atoms with Gasteiger partial charge in [0.2, 0.25) is 0 Å². The third-order valence-electron chi connectivity index (χ3n) is 9.05. The van der Waals surface area contributed by atoms with Crippen LogP contribution in [0, 0.1) is 21.7 Å². The Balaban J connectivity index is 1.97. The molecule has 0 saturated heterocycles. The second kappa shape index (κ2) is 7.18. The highest BCUT2D eigenvalue weighted by molar-refractivity contribution is 5.73. The standard InChI is InChI=1S/C32H40O2/c1-29(2,3)21-15-19-13-14-20-16-22(30(4,5)6)18-24-28-26(34)12-10-9-11-25(33)27(28)23(17-21)31(19,7)32(20,24)8/h9-10,13-18,25-26,33-34H,11-12H2,1-8H3/b10-9-/t25?,26?,31-,32-/m1/s1. The SMILES string of the molecule is CC(C)(C)C1=CC2=C3C(=C4C=C(C(C)(C)C)C=C5C=CC(=C1)[C@@]2(C)[C@]54C)C(O)C/C=C\CC3O. The van der Waals surface area contributed by atoms with Gasteiger partial charge in [0.05, 0.1) is 12.2 Å². The van der Waals surface area contributed by atoms with Crippen molar-refractivity contribution >= 4 is 0 Å². The molecule has 0 radical (unpaired) electrons. The molecule has 2 unspecified atom stereocenters. The first kappa shape index (κ1) is 23.6. The number of hydrogen-bond acceptors (Lipinski definition) is 2. The van der Waals surface area contributed by atoms with Gasteiger partial charge in [-0.2, -0.15) is 0 Å². The van der Waals surface area contributed by atoms with Gasteiger partial charge in [-0.15, -0.1) is 0 Å². The highest BCUT2D eigenvalue weighted by atomic mass is 16.3. The van der Waals surface area contributed by atoms with Gasteiger partial charge in [-0.05, 0) is 68.3 Å². The van der Waals surface area contributed by atoms with Crippen LogP contribution in [0.25, 0.3) is 0 Å². The molecule has 0 fully saturated rings. The third kappa shape index (κ3) is 3.01. The van der Waals surface area contributed by atoms with E-state index in [1.165, 1.54) is 33.4 Å². The lowest BCUT2D eigenvalue weighted by molar-refractivity contribution is 0.163. The van der Waals surface area contributed by atoms with Gasteiger partial charge in [0.1, 0.15) is 0 Å². The molecule has 0 saturated carbocycles. The molecule has 0 aromatic carbocycles. The van der Waals surface area contributed by atoms with Crippen molar-refractivity contribution in [2.45, 2.75) is 80.4 Å². The monoisotopic (exact) mass is 456 g/mol. The van der Waals surface area contributed by atoms with Crippen LogP contribution in [0.3, 0.4) is 0 Å². The first-order valence-corrected chi connectivity index (χ1v) is 12.8. The topological polar surface area (TPSA) is 40.5 Å². The van der Waals surface area contributed by atoms with Gasteiger partial charge in [0.15, 0.2) is 0 Å². The molecule has 2 nitrogen and oxygen atoms in total. The Bertz CT molecular complexity index is 1110. The summed E-state index contributed by atoms with van der Waals surface area (Å²) in [6.07, 6.45) is 17.9. The Labute approximate surface area is 205 Å².